The Hall–Kier alpha value is -3.27. The Bertz CT molecular complexity index is 1180. The van der Waals surface area contributed by atoms with Crippen molar-refractivity contribution in [3.63, 3.8) is 0 Å². The van der Waals surface area contributed by atoms with Crippen molar-refractivity contribution in [1.29, 1.82) is 0 Å². The number of rotatable bonds is 40. The van der Waals surface area contributed by atoms with E-state index in [1.807, 2.05) is 33.3 Å². The lowest BCUT2D eigenvalue weighted by Crippen LogP contribution is -2.40. The summed E-state index contributed by atoms with van der Waals surface area (Å²) in [4.78, 5) is 37.1. The molecule has 0 aromatic rings. The lowest BCUT2D eigenvalue weighted by atomic mass is 10.0. The van der Waals surface area contributed by atoms with Crippen LogP contribution in [0.15, 0.2) is 72.9 Å². The van der Waals surface area contributed by atoms with Gasteiger partial charge < -0.3 is 28.5 Å². The molecule has 0 fully saturated rings. The largest absolute Gasteiger partial charge is 0.477 e. The number of esters is 2. The first-order valence-corrected chi connectivity index (χ1v) is 22.6. The Kier molecular flexibility index (Phi) is 38.2. The van der Waals surface area contributed by atoms with E-state index in [2.05, 4.69) is 74.6 Å². The van der Waals surface area contributed by atoms with Gasteiger partial charge in [-0.3, -0.25) is 9.59 Å². The van der Waals surface area contributed by atoms with E-state index in [4.69, 9.17) is 18.9 Å². The minimum absolute atomic E-state index is 0.133. The van der Waals surface area contributed by atoms with E-state index in [0.717, 1.165) is 57.8 Å². The minimum atomic E-state index is -1.53. The summed E-state index contributed by atoms with van der Waals surface area (Å²) in [6.07, 6.45) is 46.9. The molecule has 0 saturated carbocycles. The van der Waals surface area contributed by atoms with Crippen molar-refractivity contribution >= 4 is 17.9 Å². The van der Waals surface area contributed by atoms with Crippen molar-refractivity contribution < 1.29 is 42.9 Å². The van der Waals surface area contributed by atoms with E-state index in [1.54, 1.807) is 0 Å². The molecule has 0 saturated heterocycles. The highest BCUT2D eigenvalue weighted by atomic mass is 16.7. The third kappa shape index (κ3) is 40.9. The van der Waals surface area contributed by atoms with E-state index in [-0.39, 0.29) is 38.6 Å². The third-order valence-electron chi connectivity index (χ3n) is 9.24. The number of carbonyl (C=O) groups excluding carboxylic acids is 2. The molecule has 0 aliphatic carbocycles. The van der Waals surface area contributed by atoms with Crippen LogP contribution in [0.3, 0.4) is 0 Å². The lowest BCUT2D eigenvalue weighted by Gasteiger charge is -2.25. The van der Waals surface area contributed by atoms with E-state index < -0.39 is 24.3 Å². The Morgan fingerprint density at radius 3 is 1.43 bits per heavy atom. The van der Waals surface area contributed by atoms with E-state index in [1.165, 1.54) is 70.6 Å². The first-order valence-electron chi connectivity index (χ1n) is 22.6. The van der Waals surface area contributed by atoms with Gasteiger partial charge in [0.15, 0.2) is 6.10 Å². The first kappa shape index (κ1) is 54.7. The van der Waals surface area contributed by atoms with Crippen LogP contribution in [0.25, 0.3) is 0 Å². The molecule has 9 nitrogen and oxygen atoms in total. The predicted molar refractivity (Wildman–Crippen MR) is 239 cm³/mol. The zero-order valence-electron chi connectivity index (χ0n) is 37.4. The molecule has 0 radical (unpaired) electrons. The summed E-state index contributed by atoms with van der Waals surface area (Å²) >= 11 is 0. The number of hydrogen-bond acceptors (Lipinski definition) is 7. The topological polar surface area (TPSA) is 108 Å². The number of carbonyl (C=O) groups is 3. The molecule has 0 bridgehead atoms. The van der Waals surface area contributed by atoms with Gasteiger partial charge in [0.05, 0.1) is 34.4 Å². The maximum Gasteiger partial charge on any atom is 0.361 e. The molecular weight excluding hydrogens is 731 g/mol. The van der Waals surface area contributed by atoms with Crippen molar-refractivity contribution in [3.8, 4) is 0 Å². The van der Waals surface area contributed by atoms with Crippen LogP contribution in [0.1, 0.15) is 162 Å². The molecule has 0 aliphatic rings. The molecule has 0 heterocycles. The second kappa shape index (κ2) is 40.5. The number of ether oxygens (including phenoxy) is 4. The second-order valence-corrected chi connectivity index (χ2v) is 16.0. The minimum Gasteiger partial charge on any atom is -0.477 e. The van der Waals surface area contributed by atoms with Gasteiger partial charge in [0.25, 0.3) is 6.29 Å². The van der Waals surface area contributed by atoms with Crippen LogP contribution in [0.5, 0.6) is 0 Å². The number of allylic oxidation sites excluding steroid dienone is 12. The quantitative estimate of drug-likeness (QED) is 0.0214. The smallest absolute Gasteiger partial charge is 0.361 e. The van der Waals surface area contributed by atoms with Crippen LogP contribution >= 0.6 is 0 Å². The van der Waals surface area contributed by atoms with Crippen molar-refractivity contribution in [2.24, 2.45) is 0 Å². The van der Waals surface area contributed by atoms with E-state index in [0.29, 0.717) is 17.4 Å². The zero-order chi connectivity index (χ0) is 42.8. The highest BCUT2D eigenvalue weighted by Crippen LogP contribution is 2.14. The van der Waals surface area contributed by atoms with Crippen LogP contribution in [0.2, 0.25) is 0 Å². The third-order valence-corrected chi connectivity index (χ3v) is 9.24. The van der Waals surface area contributed by atoms with Gasteiger partial charge in [0, 0.05) is 12.8 Å². The molecule has 0 aromatic carbocycles. The summed E-state index contributed by atoms with van der Waals surface area (Å²) in [5.41, 5.74) is 0. The maximum absolute atomic E-state index is 12.7. The first-order chi connectivity index (χ1) is 28.1. The van der Waals surface area contributed by atoms with Crippen molar-refractivity contribution in [1.82, 2.24) is 0 Å². The number of hydrogen-bond donors (Lipinski definition) is 1. The molecule has 332 valence electrons. The normalized spacial score (nSPS) is 13.6. The maximum atomic E-state index is 12.7. The van der Waals surface area contributed by atoms with Gasteiger partial charge in [-0.15, -0.1) is 0 Å². The number of carboxylic acid groups (broad SMARTS) is 1. The molecule has 0 amide bonds. The number of quaternary nitrogens is 1. The summed E-state index contributed by atoms with van der Waals surface area (Å²) in [5.74, 6) is -2.13. The molecule has 9 heteroatoms. The fourth-order valence-corrected chi connectivity index (χ4v) is 5.74. The predicted octanol–water partition coefficient (Wildman–Crippen LogP) is 11.9. The number of nitrogens with zero attached hydrogens (tertiary/aromatic N) is 1. The molecule has 0 rings (SSSR count). The molecule has 0 aliphatic heterocycles. The Labute approximate surface area is 354 Å². The van der Waals surface area contributed by atoms with Crippen LogP contribution in [0, 0.1) is 0 Å². The Morgan fingerprint density at radius 1 is 0.534 bits per heavy atom. The van der Waals surface area contributed by atoms with Crippen LogP contribution < -0.4 is 0 Å². The highest BCUT2D eigenvalue weighted by Gasteiger charge is 2.25. The fraction of sp³-hybridized carbons (Fsp3) is 0.694. The fourth-order valence-electron chi connectivity index (χ4n) is 5.74. The monoisotopic (exact) mass is 815 g/mol. The standard InChI is InChI=1S/C49H83NO8/c1-6-8-10-12-14-16-18-20-22-23-24-25-26-28-30-32-34-36-38-40-47(52)58-45(44-57-49(48(53)54)55-42-41-50(3,4)5)43-56-46(51)39-37-35-33-31-29-27-21-19-17-15-13-11-9-7-2/h8,10,14,16,20,22,24-25,28,30,34,36,45,49H,6-7,9,11-13,15,17-19,21,23,26-27,29,31-33,35,37-44H2,1-5H3/p+1/b10-8-,16-14-,22-20-,25-24-,30-28-,36-34-. The van der Waals surface area contributed by atoms with Crippen molar-refractivity contribution in [2.45, 2.75) is 174 Å². The molecular formula is C49H84NO8+. The molecule has 2 unspecified atom stereocenters. The van der Waals surface area contributed by atoms with Gasteiger partial charge >= 0.3 is 17.9 Å². The summed E-state index contributed by atoms with van der Waals surface area (Å²) < 4.78 is 22.6. The molecule has 1 N–H and O–H groups in total. The lowest BCUT2D eigenvalue weighted by molar-refractivity contribution is -0.870. The molecule has 58 heavy (non-hydrogen) atoms. The summed E-state index contributed by atoms with van der Waals surface area (Å²) in [5, 5.41) is 9.63. The summed E-state index contributed by atoms with van der Waals surface area (Å²) in [6, 6.07) is 0. The van der Waals surface area contributed by atoms with Crippen LogP contribution in [0.4, 0.5) is 0 Å². The van der Waals surface area contributed by atoms with Gasteiger partial charge in [0.2, 0.25) is 0 Å². The number of unbranched alkanes of at least 4 members (excludes halogenated alkanes) is 13. The Morgan fingerprint density at radius 2 is 0.983 bits per heavy atom. The van der Waals surface area contributed by atoms with Crippen LogP contribution in [-0.4, -0.2) is 87.4 Å². The van der Waals surface area contributed by atoms with E-state index >= 15 is 0 Å². The number of aliphatic carboxylic acids is 1. The molecule has 2 atom stereocenters. The van der Waals surface area contributed by atoms with Gasteiger partial charge in [-0.1, -0.05) is 170 Å². The summed E-state index contributed by atoms with van der Waals surface area (Å²) in [6.45, 7) is 4.65. The van der Waals surface area contributed by atoms with Gasteiger partial charge in [-0.05, 0) is 51.4 Å². The average molecular weight is 815 g/mol. The van der Waals surface area contributed by atoms with Gasteiger partial charge in [-0.25, -0.2) is 4.79 Å². The Balaban J connectivity index is 4.58. The van der Waals surface area contributed by atoms with Gasteiger partial charge in [0.1, 0.15) is 13.2 Å². The van der Waals surface area contributed by atoms with Crippen LogP contribution in [-0.2, 0) is 33.3 Å². The number of carboxylic acids is 1. The van der Waals surface area contributed by atoms with Crippen molar-refractivity contribution in [2.75, 3.05) is 47.5 Å². The van der Waals surface area contributed by atoms with E-state index in [9.17, 15) is 19.5 Å². The highest BCUT2D eigenvalue weighted by molar-refractivity contribution is 5.71. The van der Waals surface area contributed by atoms with Gasteiger partial charge in [-0.2, -0.15) is 0 Å². The zero-order valence-corrected chi connectivity index (χ0v) is 37.4. The number of likely N-dealkylation sites (N-methyl/N-ethyl adjacent to an activating group) is 1. The summed E-state index contributed by atoms with van der Waals surface area (Å²) in [7, 11) is 5.92. The molecule has 0 spiro atoms. The molecule has 0 aromatic heterocycles. The van der Waals surface area contributed by atoms with Crippen molar-refractivity contribution in [3.05, 3.63) is 72.9 Å². The SMILES string of the molecule is CC/C=C\C/C=C\C/C=C\C/C=C\C/C=C\C/C=C\CCC(=O)OC(COC(=O)CCCCCCCCCCCCCCCC)COC(OCC[N+](C)(C)C)C(=O)O. The average Bonchev–Trinajstić information content (AvgIpc) is 3.18. The second-order valence-electron chi connectivity index (χ2n) is 16.0.